The topological polar surface area (TPSA) is 94.2 Å². The number of hydrogen-bond donors (Lipinski definition) is 1. The normalized spacial score (nSPS) is 11.6. The van der Waals surface area contributed by atoms with Crippen molar-refractivity contribution in [3.63, 3.8) is 0 Å². The molecule has 2 aromatic heterocycles. The molecule has 0 spiro atoms. The monoisotopic (exact) mass is 395 g/mol. The van der Waals surface area contributed by atoms with Crippen molar-refractivity contribution < 1.29 is 17.7 Å². The van der Waals surface area contributed by atoms with Crippen LogP contribution in [-0.2, 0) is 21.2 Å². The van der Waals surface area contributed by atoms with Crippen molar-refractivity contribution in [3.05, 3.63) is 72.6 Å². The Bertz CT molecular complexity index is 1240. The standard InChI is InChI=1S/C20H17N3O4S/c1-14-6-8-15(9-7-14)28(25,26)18-12-23(17-5-3-2-4-16(17)18)13-20(24)21-19-10-11-27-22-19/h2-12H,13H2,1H3,(H,21,22,24). The summed E-state index contributed by atoms with van der Waals surface area (Å²) in [5, 5.41) is 6.81. The average Bonchev–Trinajstić information content (AvgIpc) is 3.31. The second-order valence-corrected chi connectivity index (χ2v) is 8.31. The lowest BCUT2D eigenvalue weighted by Gasteiger charge is -2.04. The van der Waals surface area contributed by atoms with Crippen LogP contribution < -0.4 is 5.32 Å². The molecule has 0 aliphatic carbocycles. The van der Waals surface area contributed by atoms with E-state index in [1.165, 1.54) is 18.5 Å². The van der Waals surface area contributed by atoms with Crippen molar-refractivity contribution in [1.29, 1.82) is 0 Å². The minimum atomic E-state index is -3.73. The maximum Gasteiger partial charge on any atom is 0.245 e. The number of carbonyl (C=O) groups excluding carboxylic acids is 1. The van der Waals surface area contributed by atoms with E-state index in [1.807, 2.05) is 6.92 Å². The molecule has 0 aliphatic rings. The maximum absolute atomic E-state index is 13.2. The number of nitrogens with one attached hydrogen (secondary N) is 1. The number of anilines is 1. The largest absolute Gasteiger partial charge is 0.363 e. The van der Waals surface area contributed by atoms with Crippen LogP contribution in [0.4, 0.5) is 5.82 Å². The molecule has 0 saturated heterocycles. The fourth-order valence-electron chi connectivity index (χ4n) is 3.02. The van der Waals surface area contributed by atoms with Crippen LogP contribution in [0.3, 0.4) is 0 Å². The zero-order valence-corrected chi connectivity index (χ0v) is 15.8. The second-order valence-electron chi connectivity index (χ2n) is 6.39. The number of fused-ring (bicyclic) bond motifs is 1. The molecule has 0 atom stereocenters. The summed E-state index contributed by atoms with van der Waals surface area (Å²) in [6.45, 7) is 1.84. The van der Waals surface area contributed by atoms with E-state index in [2.05, 4.69) is 10.5 Å². The lowest BCUT2D eigenvalue weighted by atomic mass is 10.2. The third-order valence-corrected chi connectivity index (χ3v) is 6.19. The number of benzene rings is 2. The number of amides is 1. The van der Waals surface area contributed by atoms with Gasteiger partial charge >= 0.3 is 0 Å². The number of sulfone groups is 1. The number of rotatable bonds is 5. The van der Waals surface area contributed by atoms with Gasteiger partial charge in [-0.2, -0.15) is 0 Å². The first-order valence-electron chi connectivity index (χ1n) is 8.55. The van der Waals surface area contributed by atoms with E-state index >= 15 is 0 Å². The molecule has 2 heterocycles. The summed E-state index contributed by atoms with van der Waals surface area (Å²) in [6, 6.07) is 15.3. The summed E-state index contributed by atoms with van der Waals surface area (Å²) in [5.74, 6) is -0.0390. The molecule has 1 amide bonds. The Morgan fingerprint density at radius 2 is 1.86 bits per heavy atom. The Morgan fingerprint density at radius 1 is 1.11 bits per heavy atom. The Hall–Kier alpha value is -3.39. The van der Waals surface area contributed by atoms with Crippen molar-refractivity contribution >= 4 is 32.5 Å². The van der Waals surface area contributed by atoms with Gasteiger partial charge in [0.15, 0.2) is 5.82 Å². The lowest BCUT2D eigenvalue weighted by molar-refractivity contribution is -0.116. The van der Waals surface area contributed by atoms with Crippen LogP contribution in [0.15, 0.2) is 81.4 Å². The molecule has 28 heavy (non-hydrogen) atoms. The highest BCUT2D eigenvalue weighted by molar-refractivity contribution is 7.91. The molecule has 0 fully saturated rings. The first-order chi connectivity index (χ1) is 13.4. The number of aryl methyl sites for hydroxylation is 1. The van der Waals surface area contributed by atoms with Gasteiger partial charge in [0.2, 0.25) is 15.7 Å². The summed E-state index contributed by atoms with van der Waals surface area (Å²) in [6.07, 6.45) is 2.86. The van der Waals surface area contributed by atoms with E-state index in [-0.39, 0.29) is 22.2 Å². The predicted molar refractivity (Wildman–Crippen MR) is 104 cm³/mol. The van der Waals surface area contributed by atoms with Gasteiger partial charge in [-0.1, -0.05) is 41.1 Å². The molecule has 1 N–H and O–H groups in total. The van der Waals surface area contributed by atoms with Crippen molar-refractivity contribution in [1.82, 2.24) is 9.72 Å². The summed E-state index contributed by atoms with van der Waals surface area (Å²) >= 11 is 0. The summed E-state index contributed by atoms with van der Waals surface area (Å²) < 4.78 is 32.7. The van der Waals surface area contributed by atoms with Gasteiger partial charge in [-0.15, -0.1) is 0 Å². The van der Waals surface area contributed by atoms with Gasteiger partial charge < -0.3 is 14.4 Å². The highest BCUT2D eigenvalue weighted by atomic mass is 32.2. The van der Waals surface area contributed by atoms with Crippen molar-refractivity contribution in [2.45, 2.75) is 23.3 Å². The Balaban J connectivity index is 1.74. The van der Waals surface area contributed by atoms with Crippen LogP contribution in [0.5, 0.6) is 0 Å². The van der Waals surface area contributed by atoms with E-state index in [1.54, 1.807) is 53.1 Å². The van der Waals surface area contributed by atoms with E-state index in [0.717, 1.165) is 5.56 Å². The van der Waals surface area contributed by atoms with Gasteiger partial charge in [-0.3, -0.25) is 4.79 Å². The number of nitrogens with zero attached hydrogens (tertiary/aromatic N) is 2. The molecule has 0 bridgehead atoms. The average molecular weight is 395 g/mol. The minimum absolute atomic E-state index is 0.0587. The second kappa shape index (κ2) is 6.97. The van der Waals surface area contributed by atoms with E-state index < -0.39 is 9.84 Å². The van der Waals surface area contributed by atoms with Crippen LogP contribution in [-0.4, -0.2) is 24.0 Å². The Kier molecular flexibility index (Phi) is 4.48. The molecule has 8 heteroatoms. The molecule has 0 aliphatic heterocycles. The summed E-state index contributed by atoms with van der Waals surface area (Å²) in [4.78, 5) is 12.7. The number of para-hydroxylation sites is 1. The molecular weight excluding hydrogens is 378 g/mol. The van der Waals surface area contributed by atoms with Crippen molar-refractivity contribution in [2.24, 2.45) is 0 Å². The first kappa shape index (κ1) is 18.0. The maximum atomic E-state index is 13.2. The van der Waals surface area contributed by atoms with Crippen molar-refractivity contribution in [3.8, 4) is 0 Å². The molecule has 0 unspecified atom stereocenters. The van der Waals surface area contributed by atoms with E-state index in [9.17, 15) is 13.2 Å². The third-order valence-electron chi connectivity index (χ3n) is 4.39. The first-order valence-corrected chi connectivity index (χ1v) is 10.0. The van der Waals surface area contributed by atoms with Crippen LogP contribution in [0.1, 0.15) is 5.56 Å². The van der Waals surface area contributed by atoms with E-state index in [0.29, 0.717) is 16.7 Å². The number of carbonyl (C=O) groups is 1. The lowest BCUT2D eigenvalue weighted by Crippen LogP contribution is -2.18. The van der Waals surface area contributed by atoms with E-state index in [4.69, 9.17) is 4.52 Å². The molecule has 7 nitrogen and oxygen atoms in total. The fraction of sp³-hybridized carbons (Fsp3) is 0.100. The number of aromatic nitrogens is 2. The van der Waals surface area contributed by atoms with Gasteiger partial charge in [-0.05, 0) is 25.1 Å². The minimum Gasteiger partial charge on any atom is -0.363 e. The predicted octanol–water partition coefficient (Wildman–Crippen LogP) is 3.41. The highest BCUT2D eigenvalue weighted by Gasteiger charge is 2.23. The van der Waals surface area contributed by atoms with Crippen LogP contribution in [0.2, 0.25) is 0 Å². The van der Waals surface area contributed by atoms with Crippen LogP contribution in [0.25, 0.3) is 10.9 Å². The van der Waals surface area contributed by atoms with Gasteiger partial charge in [0.1, 0.15) is 12.8 Å². The molecule has 2 aromatic carbocycles. The van der Waals surface area contributed by atoms with Crippen LogP contribution in [0, 0.1) is 6.92 Å². The van der Waals surface area contributed by atoms with Gasteiger partial charge in [0, 0.05) is 23.2 Å². The Morgan fingerprint density at radius 3 is 2.57 bits per heavy atom. The highest BCUT2D eigenvalue weighted by Crippen LogP contribution is 2.30. The summed E-state index contributed by atoms with van der Waals surface area (Å²) in [7, 11) is -3.73. The third kappa shape index (κ3) is 3.29. The zero-order chi connectivity index (χ0) is 19.7. The van der Waals surface area contributed by atoms with Crippen molar-refractivity contribution in [2.75, 3.05) is 5.32 Å². The van der Waals surface area contributed by atoms with Gasteiger partial charge in [-0.25, -0.2) is 8.42 Å². The SMILES string of the molecule is Cc1ccc(S(=O)(=O)c2cn(CC(=O)Nc3ccon3)c3ccccc23)cc1. The molecule has 142 valence electrons. The van der Waals surface area contributed by atoms with Gasteiger partial charge in [0.05, 0.1) is 9.79 Å². The smallest absolute Gasteiger partial charge is 0.245 e. The molecular formula is C20H17N3O4S. The molecule has 0 radical (unpaired) electrons. The Labute approximate surface area is 161 Å². The zero-order valence-electron chi connectivity index (χ0n) is 15.0. The fourth-order valence-corrected chi connectivity index (χ4v) is 4.49. The van der Waals surface area contributed by atoms with Crippen LogP contribution >= 0.6 is 0 Å². The summed E-state index contributed by atoms with van der Waals surface area (Å²) in [5.41, 5.74) is 1.63. The molecule has 0 saturated carbocycles. The quantitative estimate of drug-likeness (QED) is 0.559. The van der Waals surface area contributed by atoms with Gasteiger partial charge in [0.25, 0.3) is 0 Å². The molecule has 4 rings (SSSR count). The number of hydrogen-bond acceptors (Lipinski definition) is 5. The molecule has 4 aromatic rings.